The van der Waals surface area contributed by atoms with Gasteiger partial charge in [0.2, 0.25) is 0 Å². The molecule has 0 unspecified atom stereocenters. The lowest BCUT2D eigenvalue weighted by atomic mass is 9.79. The molecule has 2 aromatic carbocycles. The van der Waals surface area contributed by atoms with Crippen molar-refractivity contribution in [2.24, 2.45) is 11.8 Å². The van der Waals surface area contributed by atoms with Crippen LogP contribution in [0.5, 0.6) is 0 Å². The predicted octanol–water partition coefficient (Wildman–Crippen LogP) is 9.61. The maximum Gasteiger partial charge on any atom is 0.0780 e. The topological polar surface area (TPSA) is 12.9 Å². The molecule has 0 spiro atoms. The molecule has 0 amide bonds. The van der Waals surface area contributed by atoms with Crippen molar-refractivity contribution in [2.45, 2.75) is 96.8 Å². The van der Waals surface area contributed by atoms with Crippen molar-refractivity contribution in [3.8, 4) is 11.3 Å². The number of rotatable bonds is 6. The molecule has 0 atom stereocenters. The highest BCUT2D eigenvalue weighted by Crippen LogP contribution is 2.42. The highest BCUT2D eigenvalue weighted by Gasteiger charge is 2.24. The molecule has 0 aliphatic heterocycles. The van der Waals surface area contributed by atoms with Crippen molar-refractivity contribution in [3.63, 3.8) is 0 Å². The van der Waals surface area contributed by atoms with E-state index in [0.29, 0.717) is 17.8 Å². The molecule has 174 valence electrons. The van der Waals surface area contributed by atoms with Gasteiger partial charge in [-0.05, 0) is 95.5 Å². The molecule has 1 aromatic heterocycles. The number of nitrogens with zero attached hydrogens (tertiary/aromatic N) is 1. The summed E-state index contributed by atoms with van der Waals surface area (Å²) >= 11 is 0. The van der Waals surface area contributed by atoms with Crippen LogP contribution < -0.4 is 0 Å². The Morgan fingerprint density at radius 2 is 1.27 bits per heavy atom. The molecule has 5 rings (SSSR count). The first-order chi connectivity index (χ1) is 16.0. The number of hydrogen-bond acceptors (Lipinski definition) is 1. The van der Waals surface area contributed by atoms with Gasteiger partial charge in [0, 0.05) is 17.1 Å². The van der Waals surface area contributed by atoms with E-state index in [1.165, 1.54) is 79.0 Å². The Hall–Kier alpha value is -2.15. The van der Waals surface area contributed by atoms with Crippen molar-refractivity contribution in [1.29, 1.82) is 0 Å². The van der Waals surface area contributed by atoms with Gasteiger partial charge in [0.25, 0.3) is 0 Å². The molecular weight excluding hydrogens is 398 g/mol. The zero-order valence-electron chi connectivity index (χ0n) is 21.1. The zero-order valence-corrected chi connectivity index (χ0v) is 21.1. The molecule has 0 radical (unpaired) electrons. The summed E-state index contributed by atoms with van der Waals surface area (Å²) in [5, 5.41) is 2.63. The van der Waals surface area contributed by atoms with E-state index in [0.717, 1.165) is 11.8 Å². The second-order valence-corrected chi connectivity index (χ2v) is 11.5. The second kappa shape index (κ2) is 9.61. The van der Waals surface area contributed by atoms with Gasteiger partial charge < -0.3 is 0 Å². The van der Waals surface area contributed by atoms with Crippen molar-refractivity contribution in [2.75, 3.05) is 0 Å². The largest absolute Gasteiger partial charge is 0.256 e. The minimum Gasteiger partial charge on any atom is -0.256 e. The van der Waals surface area contributed by atoms with Crippen LogP contribution in [0.15, 0.2) is 48.7 Å². The van der Waals surface area contributed by atoms with Gasteiger partial charge in [-0.1, -0.05) is 77.6 Å². The lowest BCUT2D eigenvalue weighted by Gasteiger charge is -2.26. The molecule has 1 nitrogen and oxygen atoms in total. The molecule has 0 bridgehead atoms. The number of pyridine rings is 1. The summed E-state index contributed by atoms with van der Waals surface area (Å²) in [6.07, 6.45) is 13.0. The number of benzene rings is 2. The quantitative estimate of drug-likeness (QED) is 0.372. The van der Waals surface area contributed by atoms with Gasteiger partial charge >= 0.3 is 0 Å². The Morgan fingerprint density at radius 3 is 1.82 bits per heavy atom. The van der Waals surface area contributed by atoms with Crippen LogP contribution in [-0.4, -0.2) is 4.98 Å². The first-order valence-corrected chi connectivity index (χ1v) is 13.5. The molecule has 1 heterocycles. The van der Waals surface area contributed by atoms with Crippen molar-refractivity contribution < 1.29 is 0 Å². The van der Waals surface area contributed by atoms with Gasteiger partial charge in [-0.25, -0.2) is 0 Å². The molecule has 0 N–H and O–H groups in total. The number of hydrogen-bond donors (Lipinski definition) is 0. The van der Waals surface area contributed by atoms with Crippen LogP contribution in [0.3, 0.4) is 0 Å². The summed E-state index contributed by atoms with van der Waals surface area (Å²) in [5.41, 5.74) is 7.12. The first kappa shape index (κ1) is 22.6. The fourth-order valence-corrected chi connectivity index (χ4v) is 6.98. The average molecular weight is 440 g/mol. The Morgan fingerprint density at radius 1 is 0.697 bits per heavy atom. The van der Waals surface area contributed by atoms with Crippen LogP contribution in [0.1, 0.15) is 114 Å². The molecule has 2 aliphatic rings. The van der Waals surface area contributed by atoms with Crippen LogP contribution in [-0.2, 0) is 0 Å². The fraction of sp³-hybridized carbons (Fsp3) is 0.531. The van der Waals surface area contributed by atoms with Gasteiger partial charge in [0.15, 0.2) is 0 Å². The van der Waals surface area contributed by atoms with E-state index in [1.807, 2.05) is 6.20 Å². The highest BCUT2D eigenvalue weighted by atomic mass is 14.7. The Kier molecular flexibility index (Phi) is 6.59. The van der Waals surface area contributed by atoms with E-state index in [9.17, 15) is 0 Å². The Balaban J connectivity index is 1.60. The monoisotopic (exact) mass is 439 g/mol. The molecule has 33 heavy (non-hydrogen) atoms. The lowest BCUT2D eigenvalue weighted by Crippen LogP contribution is -2.13. The summed E-state index contributed by atoms with van der Waals surface area (Å²) in [5.74, 6) is 3.35. The minimum absolute atomic E-state index is 0.589. The van der Waals surface area contributed by atoms with Crippen molar-refractivity contribution in [1.82, 2.24) is 4.98 Å². The van der Waals surface area contributed by atoms with E-state index in [1.54, 1.807) is 11.1 Å². The molecule has 2 aliphatic carbocycles. The van der Waals surface area contributed by atoms with Crippen LogP contribution in [0.4, 0.5) is 0 Å². The normalized spacial score (nSPS) is 17.9. The second-order valence-electron chi connectivity index (χ2n) is 11.5. The van der Waals surface area contributed by atoms with Gasteiger partial charge in [-0.3, -0.25) is 4.98 Å². The Labute approximate surface area is 201 Å². The third kappa shape index (κ3) is 4.61. The number of fused-ring (bicyclic) bond motifs is 1. The van der Waals surface area contributed by atoms with Crippen LogP contribution in [0, 0.1) is 11.8 Å². The van der Waals surface area contributed by atoms with Gasteiger partial charge in [-0.15, -0.1) is 0 Å². The van der Waals surface area contributed by atoms with E-state index >= 15 is 0 Å². The minimum atomic E-state index is 0.589. The average Bonchev–Trinajstić information content (AvgIpc) is 3.52. The summed E-state index contributed by atoms with van der Waals surface area (Å²) < 4.78 is 0. The summed E-state index contributed by atoms with van der Waals surface area (Å²) in [6, 6.07) is 16.9. The predicted molar refractivity (Wildman–Crippen MR) is 142 cm³/mol. The van der Waals surface area contributed by atoms with Crippen LogP contribution in [0.25, 0.3) is 22.0 Å². The van der Waals surface area contributed by atoms with E-state index in [-0.39, 0.29) is 0 Å². The lowest BCUT2D eigenvalue weighted by molar-refractivity contribution is 0.388. The standard InChI is InChI=1S/C32H41N/c1-21(2)31(22(3)4)26-13-14-30-25(17-26)15-16-33-32(30)29-19-27(23-9-5-6-10-23)18-28(20-29)24-11-7-8-12-24/h13-24,31H,5-12H2,1-4H3. The molecule has 1 heteroatoms. The smallest absolute Gasteiger partial charge is 0.0780 e. The summed E-state index contributed by atoms with van der Waals surface area (Å²) in [6.45, 7) is 9.41. The third-order valence-corrected chi connectivity index (χ3v) is 8.51. The molecule has 2 fully saturated rings. The fourth-order valence-electron chi connectivity index (χ4n) is 6.98. The summed E-state index contributed by atoms with van der Waals surface area (Å²) in [7, 11) is 0. The molecule has 0 saturated heterocycles. The van der Waals surface area contributed by atoms with Crippen molar-refractivity contribution in [3.05, 3.63) is 65.4 Å². The molecule has 3 aromatic rings. The molecule has 2 saturated carbocycles. The van der Waals surface area contributed by atoms with Crippen LogP contribution in [0.2, 0.25) is 0 Å². The van der Waals surface area contributed by atoms with E-state index < -0.39 is 0 Å². The SMILES string of the molecule is CC(C)C(c1ccc2c(-c3cc(C4CCCC4)cc(C4CCCC4)c3)nccc2c1)C(C)C. The first-order valence-electron chi connectivity index (χ1n) is 13.5. The Bertz CT molecular complexity index is 1050. The van der Waals surface area contributed by atoms with Crippen LogP contribution >= 0.6 is 0 Å². The molecular formula is C32H41N. The van der Waals surface area contributed by atoms with Crippen molar-refractivity contribution >= 4 is 10.8 Å². The van der Waals surface area contributed by atoms with Gasteiger partial charge in [-0.2, -0.15) is 0 Å². The summed E-state index contributed by atoms with van der Waals surface area (Å²) in [4.78, 5) is 4.96. The number of aromatic nitrogens is 1. The van der Waals surface area contributed by atoms with Gasteiger partial charge in [0.05, 0.1) is 5.69 Å². The van der Waals surface area contributed by atoms with E-state index in [4.69, 9.17) is 4.98 Å². The highest BCUT2D eigenvalue weighted by molar-refractivity contribution is 5.95. The third-order valence-electron chi connectivity index (χ3n) is 8.51. The maximum absolute atomic E-state index is 4.96. The zero-order chi connectivity index (χ0) is 22.9. The van der Waals surface area contributed by atoms with Gasteiger partial charge in [0.1, 0.15) is 0 Å². The van der Waals surface area contributed by atoms with E-state index in [2.05, 4.69) is 70.2 Å². The maximum atomic E-state index is 4.96.